The van der Waals surface area contributed by atoms with Crippen molar-refractivity contribution in [1.82, 2.24) is 4.57 Å². The van der Waals surface area contributed by atoms with Crippen LogP contribution in [0.4, 0.5) is 12.9 Å². The summed E-state index contributed by atoms with van der Waals surface area (Å²) in [6.07, 6.45) is 0.730. The molecule has 1 aromatic rings. The molecule has 0 fully saturated rings. The second-order valence-electron chi connectivity index (χ2n) is 2.61. The van der Waals surface area contributed by atoms with Crippen LogP contribution in [0.1, 0.15) is 0 Å². The van der Waals surface area contributed by atoms with Crippen molar-refractivity contribution in [3.63, 3.8) is 0 Å². The van der Waals surface area contributed by atoms with Gasteiger partial charge < -0.3 is 17.5 Å². The monoisotopic (exact) mass is 249 g/mol. The van der Waals surface area contributed by atoms with Crippen LogP contribution >= 0.6 is 11.6 Å². The van der Waals surface area contributed by atoms with Gasteiger partial charge in [-0.1, -0.05) is 23.1 Å². The number of rotatable bonds is 1. The largest absolute Gasteiger partial charge is 1.00 e. The first-order chi connectivity index (χ1) is 5.82. The number of pyridine rings is 1. The zero-order chi connectivity index (χ0) is 10.2. The van der Waals surface area contributed by atoms with Gasteiger partial charge in [0.2, 0.25) is 0 Å². The molecule has 0 unspecified atom stereocenters. The fourth-order valence-corrected chi connectivity index (χ4v) is 1.13. The minimum absolute atomic E-state index is 0. The Balaban J connectivity index is 0.00000169. The first kappa shape index (κ1) is 14.7. The summed E-state index contributed by atoms with van der Waals surface area (Å²) in [5, 5.41) is -0.417. The fraction of sp³-hybridized carbons (Fsp3) is 0.167. The van der Waals surface area contributed by atoms with Crippen molar-refractivity contribution >= 4 is 24.0 Å². The predicted molar refractivity (Wildman–Crippen MR) is 45.4 cm³/mol. The van der Waals surface area contributed by atoms with Crippen LogP contribution in [-0.4, -0.2) is 11.5 Å². The number of hydrogen-bond acceptors (Lipinski definition) is 1. The third-order valence-corrected chi connectivity index (χ3v) is 1.81. The van der Waals surface area contributed by atoms with E-state index < -0.39 is 23.0 Å². The fourth-order valence-electron chi connectivity index (χ4n) is 0.875. The van der Waals surface area contributed by atoms with Crippen molar-refractivity contribution in [3.8, 4) is 0 Å². The second kappa shape index (κ2) is 5.18. The summed E-state index contributed by atoms with van der Waals surface area (Å²) in [6.45, 7) is -5.10. The maximum atomic E-state index is 12.2. The SMILES string of the molecule is Cn1cc([B-](F)(F)F)cc(Cl)c1=O.[K+]. The van der Waals surface area contributed by atoms with E-state index in [4.69, 9.17) is 11.6 Å². The molecule has 72 valence electrons. The Morgan fingerprint density at radius 1 is 1.43 bits per heavy atom. The first-order valence-electron chi connectivity index (χ1n) is 3.38. The molecule has 0 aliphatic heterocycles. The van der Waals surface area contributed by atoms with Gasteiger partial charge in [0.25, 0.3) is 5.56 Å². The Bertz CT molecular complexity index is 365. The van der Waals surface area contributed by atoms with Gasteiger partial charge in [-0.05, 0) is 6.20 Å². The Morgan fingerprint density at radius 2 is 1.93 bits per heavy atom. The normalized spacial score (nSPS) is 10.9. The smallest absolute Gasteiger partial charge is 0.445 e. The van der Waals surface area contributed by atoms with Crippen LogP contribution in [-0.2, 0) is 7.05 Å². The number of nitrogens with zero attached hydrogens (tertiary/aromatic N) is 1. The van der Waals surface area contributed by atoms with Gasteiger partial charge in [-0.2, -0.15) is 0 Å². The van der Waals surface area contributed by atoms with Gasteiger partial charge in [0.05, 0.1) is 0 Å². The van der Waals surface area contributed by atoms with Gasteiger partial charge in [-0.3, -0.25) is 4.79 Å². The molecule has 0 radical (unpaired) electrons. The molecular formula is C6H5BClF3KNO. The van der Waals surface area contributed by atoms with Crippen molar-refractivity contribution in [1.29, 1.82) is 0 Å². The standard InChI is InChI=1S/C6H5BClF3NO.K/c1-12-3-4(7(9,10)11)2-5(8)6(12)13;/h2-3H,1H3;/q-1;+1. The van der Waals surface area contributed by atoms with Gasteiger partial charge in [0.15, 0.2) is 0 Å². The summed E-state index contributed by atoms with van der Waals surface area (Å²) < 4.78 is 37.3. The molecule has 0 aliphatic rings. The van der Waals surface area contributed by atoms with E-state index in [2.05, 4.69) is 0 Å². The maximum absolute atomic E-state index is 12.2. The van der Waals surface area contributed by atoms with E-state index in [9.17, 15) is 17.7 Å². The molecule has 0 saturated heterocycles. The third-order valence-electron chi connectivity index (χ3n) is 1.54. The van der Waals surface area contributed by atoms with Gasteiger partial charge >= 0.3 is 58.4 Å². The number of hydrogen-bond donors (Lipinski definition) is 0. The van der Waals surface area contributed by atoms with Crippen molar-refractivity contribution < 1.29 is 64.3 Å². The van der Waals surface area contributed by atoms with Crippen LogP contribution < -0.4 is 62.4 Å². The van der Waals surface area contributed by atoms with Gasteiger partial charge in [0, 0.05) is 7.05 Å². The topological polar surface area (TPSA) is 22.0 Å². The van der Waals surface area contributed by atoms with E-state index in [1.165, 1.54) is 7.05 Å². The Labute approximate surface area is 126 Å². The molecule has 0 aliphatic carbocycles. The van der Waals surface area contributed by atoms with Crippen LogP contribution in [0.25, 0.3) is 0 Å². The van der Waals surface area contributed by atoms with E-state index in [-0.39, 0.29) is 51.4 Å². The van der Waals surface area contributed by atoms with Gasteiger partial charge in [-0.25, -0.2) is 0 Å². The summed E-state index contributed by atoms with van der Waals surface area (Å²) in [6, 6.07) is 0.643. The number of aryl methyl sites for hydroxylation is 1. The number of halogens is 4. The summed E-state index contributed by atoms with van der Waals surface area (Å²) in [7, 11) is 1.22. The molecule has 0 spiro atoms. The van der Waals surface area contributed by atoms with Gasteiger partial charge in [0.1, 0.15) is 5.02 Å². The summed E-state index contributed by atoms with van der Waals surface area (Å²) in [4.78, 5) is 10.9. The van der Waals surface area contributed by atoms with Crippen LogP contribution in [0.3, 0.4) is 0 Å². The molecular weight excluding hydrogens is 244 g/mol. The van der Waals surface area contributed by atoms with E-state index in [1.54, 1.807) is 0 Å². The summed E-state index contributed by atoms with van der Waals surface area (Å²) >= 11 is 5.30. The molecule has 14 heavy (non-hydrogen) atoms. The van der Waals surface area contributed by atoms with Crippen molar-refractivity contribution in [3.05, 3.63) is 27.6 Å². The van der Waals surface area contributed by atoms with E-state index in [0.717, 1.165) is 10.8 Å². The molecule has 0 bridgehead atoms. The van der Waals surface area contributed by atoms with Crippen molar-refractivity contribution in [2.24, 2.45) is 7.05 Å². The molecule has 8 heteroatoms. The maximum Gasteiger partial charge on any atom is 1.00 e. The summed E-state index contributed by atoms with van der Waals surface area (Å²) in [5.41, 5.74) is -1.50. The Morgan fingerprint density at radius 3 is 2.29 bits per heavy atom. The molecule has 0 aromatic carbocycles. The average molecular weight is 249 g/mol. The molecule has 0 N–H and O–H groups in total. The second-order valence-corrected chi connectivity index (χ2v) is 3.02. The predicted octanol–water partition coefficient (Wildman–Crippen LogP) is -1.90. The zero-order valence-corrected chi connectivity index (χ0v) is 11.5. The van der Waals surface area contributed by atoms with Crippen molar-refractivity contribution in [2.75, 3.05) is 0 Å². The summed E-state index contributed by atoms with van der Waals surface area (Å²) in [5.74, 6) is 0. The average Bonchev–Trinajstić information content (AvgIpc) is 1.97. The van der Waals surface area contributed by atoms with Crippen LogP contribution in [0, 0.1) is 0 Å². The molecule has 1 aromatic heterocycles. The molecule has 0 amide bonds. The third kappa shape index (κ3) is 3.39. The van der Waals surface area contributed by atoms with Crippen LogP contribution in [0.15, 0.2) is 17.1 Å². The minimum Gasteiger partial charge on any atom is -0.445 e. The van der Waals surface area contributed by atoms with E-state index in [1.807, 2.05) is 0 Å². The molecule has 1 heterocycles. The zero-order valence-electron chi connectivity index (χ0n) is 7.60. The molecule has 0 atom stereocenters. The van der Waals surface area contributed by atoms with E-state index in [0.29, 0.717) is 6.07 Å². The first-order valence-corrected chi connectivity index (χ1v) is 3.76. The molecule has 2 nitrogen and oxygen atoms in total. The minimum atomic E-state index is -5.10. The van der Waals surface area contributed by atoms with E-state index >= 15 is 0 Å². The number of aromatic nitrogens is 1. The van der Waals surface area contributed by atoms with Crippen LogP contribution in [0.5, 0.6) is 0 Å². The van der Waals surface area contributed by atoms with Crippen LogP contribution in [0.2, 0.25) is 5.02 Å². The Kier molecular flexibility index (Phi) is 5.45. The molecule has 1 rings (SSSR count). The molecule has 0 saturated carbocycles. The Hall–Kier alpha value is 0.731. The van der Waals surface area contributed by atoms with Gasteiger partial charge in [-0.15, -0.1) is 0 Å². The van der Waals surface area contributed by atoms with Crippen molar-refractivity contribution in [2.45, 2.75) is 0 Å². The quantitative estimate of drug-likeness (QED) is 0.533.